The Hall–Kier alpha value is -1.22. The second kappa shape index (κ2) is 17.5. The Morgan fingerprint density at radius 3 is 2.17 bits per heavy atom. The quantitative estimate of drug-likeness (QED) is 0.299. The summed E-state index contributed by atoms with van der Waals surface area (Å²) in [7, 11) is 0. The third-order valence-electron chi connectivity index (χ3n) is 5.90. The molecule has 0 spiro atoms. The zero-order chi connectivity index (χ0) is 20.6. The average Bonchev–Trinajstić information content (AvgIpc) is 3.01. The first-order valence-corrected chi connectivity index (χ1v) is 12.3. The number of nitrogens with one attached hydrogen (secondary N) is 1. The summed E-state index contributed by atoms with van der Waals surface area (Å²) < 4.78 is 5.94. The minimum Gasteiger partial charge on any atom is -0.494 e. The molecule has 1 aliphatic heterocycles. The second-order valence-electron chi connectivity index (χ2n) is 8.60. The van der Waals surface area contributed by atoms with Gasteiger partial charge in [-0.15, -0.1) is 12.4 Å². The molecule has 0 saturated heterocycles. The van der Waals surface area contributed by atoms with Crippen LogP contribution in [-0.4, -0.2) is 19.0 Å². The van der Waals surface area contributed by atoms with Gasteiger partial charge in [-0.2, -0.15) is 0 Å². The van der Waals surface area contributed by atoms with Gasteiger partial charge in [-0.3, -0.25) is 4.99 Å². The Balaban J connectivity index is 0.00000450. The summed E-state index contributed by atoms with van der Waals surface area (Å²) in [4.78, 5) is 4.68. The summed E-state index contributed by atoms with van der Waals surface area (Å²) in [5, 5.41) is 3.59. The standard InChI is InChI=1S/C26H44N2O.ClH/c1-3-4-5-6-7-8-9-10-11-15-22-29-25-19-17-24(18-20-25)23(2)28-26-16-13-12-14-21-27-26;/h17-20,23H,3-16,21-22H2,1-2H3,(H,27,28);1H. The highest BCUT2D eigenvalue weighted by molar-refractivity contribution is 5.85. The fourth-order valence-corrected chi connectivity index (χ4v) is 3.96. The van der Waals surface area contributed by atoms with Crippen LogP contribution in [0.2, 0.25) is 0 Å². The molecule has 1 aliphatic rings. The molecule has 172 valence electrons. The number of hydrogen-bond donors (Lipinski definition) is 1. The number of benzene rings is 1. The Morgan fingerprint density at radius 2 is 1.50 bits per heavy atom. The maximum Gasteiger partial charge on any atom is 0.119 e. The van der Waals surface area contributed by atoms with Gasteiger partial charge in [0.05, 0.1) is 12.4 Å². The maximum absolute atomic E-state index is 5.94. The molecule has 4 heteroatoms. The number of amidine groups is 1. The predicted molar refractivity (Wildman–Crippen MR) is 133 cm³/mol. The van der Waals surface area contributed by atoms with Crippen LogP contribution in [0.5, 0.6) is 5.75 Å². The third kappa shape index (κ3) is 11.8. The van der Waals surface area contributed by atoms with E-state index in [-0.39, 0.29) is 12.4 Å². The molecule has 0 saturated carbocycles. The number of halogens is 1. The van der Waals surface area contributed by atoms with E-state index in [4.69, 9.17) is 4.74 Å². The van der Waals surface area contributed by atoms with Crippen LogP contribution in [0.15, 0.2) is 29.3 Å². The minimum absolute atomic E-state index is 0. The highest BCUT2D eigenvalue weighted by Crippen LogP contribution is 2.19. The number of ether oxygens (including phenoxy) is 1. The van der Waals surface area contributed by atoms with Gasteiger partial charge in [0.15, 0.2) is 0 Å². The van der Waals surface area contributed by atoms with Gasteiger partial charge in [0.1, 0.15) is 5.75 Å². The normalized spacial score (nSPS) is 14.9. The lowest BCUT2D eigenvalue weighted by molar-refractivity contribution is 0.304. The molecule has 1 aromatic rings. The molecule has 1 unspecified atom stereocenters. The van der Waals surface area contributed by atoms with E-state index in [1.54, 1.807) is 0 Å². The van der Waals surface area contributed by atoms with Crippen molar-refractivity contribution in [2.24, 2.45) is 4.99 Å². The van der Waals surface area contributed by atoms with Crippen molar-refractivity contribution in [2.75, 3.05) is 13.2 Å². The maximum atomic E-state index is 5.94. The van der Waals surface area contributed by atoms with Crippen molar-refractivity contribution >= 4 is 18.2 Å². The number of hydrogen-bond acceptors (Lipinski definition) is 3. The molecule has 30 heavy (non-hydrogen) atoms. The van der Waals surface area contributed by atoms with Gasteiger partial charge < -0.3 is 10.1 Å². The molecule has 2 rings (SSSR count). The molecule has 0 radical (unpaired) electrons. The van der Waals surface area contributed by atoms with Crippen molar-refractivity contribution in [2.45, 2.75) is 110 Å². The van der Waals surface area contributed by atoms with Gasteiger partial charge in [0, 0.05) is 19.0 Å². The molecular weight excluding hydrogens is 392 g/mol. The van der Waals surface area contributed by atoms with Crippen molar-refractivity contribution in [3.8, 4) is 5.75 Å². The van der Waals surface area contributed by atoms with Crippen molar-refractivity contribution in [3.05, 3.63) is 29.8 Å². The van der Waals surface area contributed by atoms with E-state index in [0.717, 1.165) is 31.7 Å². The van der Waals surface area contributed by atoms with Crippen LogP contribution in [0.4, 0.5) is 0 Å². The van der Waals surface area contributed by atoms with Gasteiger partial charge in [-0.05, 0) is 43.9 Å². The van der Waals surface area contributed by atoms with E-state index in [9.17, 15) is 0 Å². The van der Waals surface area contributed by atoms with E-state index in [0.29, 0.717) is 6.04 Å². The molecule has 0 bridgehead atoms. The minimum atomic E-state index is 0. The first-order chi connectivity index (χ1) is 14.3. The van der Waals surface area contributed by atoms with Crippen LogP contribution in [-0.2, 0) is 0 Å². The monoisotopic (exact) mass is 436 g/mol. The SMILES string of the molecule is CCCCCCCCCCCCOc1ccc(C(C)NC2=NCCCCC2)cc1.Cl. The number of unbranched alkanes of at least 4 members (excludes halogenated alkanes) is 9. The van der Waals surface area contributed by atoms with Crippen LogP contribution in [0.3, 0.4) is 0 Å². The van der Waals surface area contributed by atoms with E-state index in [1.807, 2.05) is 0 Å². The fraction of sp³-hybridized carbons (Fsp3) is 0.731. The lowest BCUT2D eigenvalue weighted by Gasteiger charge is -2.17. The summed E-state index contributed by atoms with van der Waals surface area (Å²) in [5.41, 5.74) is 1.29. The molecule has 1 atom stereocenters. The Kier molecular flexibility index (Phi) is 15.6. The molecular formula is C26H45ClN2O. The van der Waals surface area contributed by atoms with Crippen LogP contribution >= 0.6 is 12.4 Å². The largest absolute Gasteiger partial charge is 0.494 e. The van der Waals surface area contributed by atoms with Crippen molar-refractivity contribution in [1.29, 1.82) is 0 Å². The Labute approximate surface area is 191 Å². The second-order valence-corrected chi connectivity index (χ2v) is 8.60. The van der Waals surface area contributed by atoms with Crippen molar-refractivity contribution in [1.82, 2.24) is 5.32 Å². The summed E-state index contributed by atoms with van der Waals surface area (Å²) in [6.45, 7) is 6.30. The van der Waals surface area contributed by atoms with Gasteiger partial charge in [-0.1, -0.05) is 83.3 Å². The number of rotatable bonds is 14. The first kappa shape index (κ1) is 26.8. The van der Waals surface area contributed by atoms with E-state index in [2.05, 4.69) is 48.4 Å². The lowest BCUT2D eigenvalue weighted by atomic mass is 10.1. The lowest BCUT2D eigenvalue weighted by Crippen LogP contribution is -2.26. The van der Waals surface area contributed by atoms with Crippen LogP contribution in [0.1, 0.15) is 115 Å². The van der Waals surface area contributed by atoms with Crippen LogP contribution in [0.25, 0.3) is 0 Å². The molecule has 1 aromatic carbocycles. The van der Waals surface area contributed by atoms with Gasteiger partial charge in [-0.25, -0.2) is 0 Å². The number of aliphatic imine (C=N–C) groups is 1. The Bertz CT molecular complexity index is 559. The fourth-order valence-electron chi connectivity index (χ4n) is 3.96. The molecule has 0 aliphatic carbocycles. The smallest absolute Gasteiger partial charge is 0.119 e. The van der Waals surface area contributed by atoms with Crippen molar-refractivity contribution < 1.29 is 4.74 Å². The molecule has 0 amide bonds. The first-order valence-electron chi connectivity index (χ1n) is 12.3. The molecule has 0 fully saturated rings. The van der Waals surface area contributed by atoms with Gasteiger partial charge >= 0.3 is 0 Å². The summed E-state index contributed by atoms with van der Waals surface area (Å²) in [5.74, 6) is 2.17. The summed E-state index contributed by atoms with van der Waals surface area (Å²) in [6, 6.07) is 8.88. The topological polar surface area (TPSA) is 33.6 Å². The third-order valence-corrected chi connectivity index (χ3v) is 5.90. The molecule has 1 heterocycles. The Morgan fingerprint density at radius 1 is 0.867 bits per heavy atom. The average molecular weight is 437 g/mol. The highest BCUT2D eigenvalue weighted by atomic mass is 35.5. The van der Waals surface area contributed by atoms with E-state index in [1.165, 1.54) is 88.4 Å². The zero-order valence-electron chi connectivity index (χ0n) is 19.5. The predicted octanol–water partition coefficient (Wildman–Crippen LogP) is 8.03. The van der Waals surface area contributed by atoms with Gasteiger partial charge in [0.25, 0.3) is 0 Å². The molecule has 0 aromatic heterocycles. The summed E-state index contributed by atoms with van der Waals surface area (Å²) >= 11 is 0. The molecule has 3 nitrogen and oxygen atoms in total. The number of nitrogens with zero attached hydrogens (tertiary/aromatic N) is 1. The zero-order valence-corrected chi connectivity index (χ0v) is 20.3. The van der Waals surface area contributed by atoms with Crippen LogP contribution < -0.4 is 10.1 Å². The summed E-state index contributed by atoms with van der Waals surface area (Å²) in [6.07, 6.45) is 18.5. The highest BCUT2D eigenvalue weighted by Gasteiger charge is 2.10. The van der Waals surface area contributed by atoms with Crippen molar-refractivity contribution in [3.63, 3.8) is 0 Å². The molecule has 1 N–H and O–H groups in total. The van der Waals surface area contributed by atoms with Crippen LogP contribution in [0, 0.1) is 0 Å². The van der Waals surface area contributed by atoms with E-state index < -0.39 is 0 Å². The van der Waals surface area contributed by atoms with E-state index >= 15 is 0 Å². The van der Waals surface area contributed by atoms with Gasteiger partial charge in [0.2, 0.25) is 0 Å².